The van der Waals surface area contributed by atoms with Crippen molar-refractivity contribution in [2.75, 3.05) is 0 Å². The van der Waals surface area contributed by atoms with Crippen LogP contribution in [0.1, 0.15) is 25.5 Å². The van der Waals surface area contributed by atoms with Gasteiger partial charge in [-0.15, -0.1) is 0 Å². The molecular formula is C11H12BrNO. The van der Waals surface area contributed by atoms with Crippen LogP contribution in [0.4, 0.5) is 0 Å². The van der Waals surface area contributed by atoms with E-state index in [4.69, 9.17) is 0 Å². The summed E-state index contributed by atoms with van der Waals surface area (Å²) in [5, 5.41) is 2.91. The van der Waals surface area contributed by atoms with Crippen LogP contribution in [0.2, 0.25) is 0 Å². The zero-order chi connectivity index (χ0) is 10.3. The van der Waals surface area contributed by atoms with Crippen LogP contribution >= 0.6 is 15.9 Å². The molecule has 0 bridgehead atoms. The molecule has 74 valence electrons. The van der Waals surface area contributed by atoms with Crippen molar-refractivity contribution in [3.8, 4) is 0 Å². The molecule has 1 fully saturated rings. The van der Waals surface area contributed by atoms with E-state index in [-0.39, 0.29) is 17.4 Å². The summed E-state index contributed by atoms with van der Waals surface area (Å²) in [5.41, 5.74) is 0.895. The molecule has 1 aliphatic rings. The summed E-state index contributed by atoms with van der Waals surface area (Å²) in [7, 11) is 0. The first-order valence-corrected chi connectivity index (χ1v) is 5.37. The lowest BCUT2D eigenvalue weighted by molar-refractivity contribution is -0.143. The molecule has 1 aliphatic heterocycles. The Kier molecular flexibility index (Phi) is 2.14. The minimum atomic E-state index is -0.270. The number of carbonyl (C=O) groups excluding carboxylic acids is 1. The van der Waals surface area contributed by atoms with E-state index in [1.54, 1.807) is 0 Å². The highest BCUT2D eigenvalue weighted by atomic mass is 79.9. The van der Waals surface area contributed by atoms with Gasteiger partial charge in [0.1, 0.15) is 0 Å². The van der Waals surface area contributed by atoms with Crippen molar-refractivity contribution in [3.05, 3.63) is 34.3 Å². The lowest BCUT2D eigenvalue weighted by Gasteiger charge is -2.44. The Balaban J connectivity index is 2.26. The predicted molar refractivity (Wildman–Crippen MR) is 58.8 cm³/mol. The molecule has 0 spiro atoms. The van der Waals surface area contributed by atoms with Crippen LogP contribution in [0, 0.1) is 5.41 Å². The topological polar surface area (TPSA) is 29.1 Å². The standard InChI is InChI=1S/C11H12BrNO/c1-11(2)9(13-10(11)14)7-3-5-8(12)6-4-7/h3-6,9H,1-2H3,(H,13,14). The number of carbonyl (C=O) groups is 1. The maximum Gasteiger partial charge on any atom is 0.228 e. The highest BCUT2D eigenvalue weighted by Gasteiger charge is 2.47. The number of hydrogen-bond acceptors (Lipinski definition) is 1. The third kappa shape index (κ3) is 1.36. The molecule has 2 rings (SSSR count). The molecule has 1 N–H and O–H groups in total. The summed E-state index contributed by atoms with van der Waals surface area (Å²) < 4.78 is 1.06. The number of β-lactam (4-membered cyclic amide) rings is 1. The van der Waals surface area contributed by atoms with E-state index < -0.39 is 0 Å². The number of rotatable bonds is 1. The van der Waals surface area contributed by atoms with E-state index in [0.29, 0.717) is 0 Å². The monoisotopic (exact) mass is 253 g/mol. The Morgan fingerprint density at radius 3 is 2.29 bits per heavy atom. The zero-order valence-electron chi connectivity index (χ0n) is 8.17. The summed E-state index contributed by atoms with van der Waals surface area (Å²) in [6.07, 6.45) is 0. The summed E-state index contributed by atoms with van der Waals surface area (Å²) in [5.74, 6) is 0.130. The molecule has 0 radical (unpaired) electrons. The van der Waals surface area contributed by atoms with Gasteiger partial charge in [-0.2, -0.15) is 0 Å². The van der Waals surface area contributed by atoms with Crippen molar-refractivity contribution in [2.45, 2.75) is 19.9 Å². The fraction of sp³-hybridized carbons (Fsp3) is 0.364. The second-order valence-electron chi connectivity index (χ2n) is 4.18. The van der Waals surface area contributed by atoms with E-state index in [1.165, 1.54) is 0 Å². The maximum absolute atomic E-state index is 11.3. The molecule has 2 nitrogen and oxygen atoms in total. The Bertz CT molecular complexity index is 369. The van der Waals surface area contributed by atoms with Crippen LogP contribution in [0.25, 0.3) is 0 Å². The summed E-state index contributed by atoms with van der Waals surface area (Å²) in [6, 6.07) is 8.22. The molecule has 1 unspecified atom stereocenters. The minimum Gasteiger partial charge on any atom is -0.348 e. The third-order valence-corrected chi connectivity index (χ3v) is 3.31. The predicted octanol–water partition coefficient (Wildman–Crippen LogP) is 2.65. The maximum atomic E-state index is 11.3. The van der Waals surface area contributed by atoms with Gasteiger partial charge in [-0.3, -0.25) is 4.79 Å². The third-order valence-electron chi connectivity index (χ3n) is 2.79. The molecule has 3 heteroatoms. The highest BCUT2D eigenvalue weighted by molar-refractivity contribution is 9.10. The first-order valence-electron chi connectivity index (χ1n) is 4.58. The number of amides is 1. The second kappa shape index (κ2) is 3.09. The number of halogens is 1. The van der Waals surface area contributed by atoms with Crippen molar-refractivity contribution in [1.82, 2.24) is 5.32 Å². The summed E-state index contributed by atoms with van der Waals surface area (Å²) in [4.78, 5) is 11.3. The SMILES string of the molecule is CC1(C)C(=O)NC1c1ccc(Br)cc1. The molecule has 1 aromatic rings. The normalized spacial score (nSPS) is 23.9. The molecule has 1 amide bonds. The molecule has 0 aromatic heterocycles. The minimum absolute atomic E-state index is 0.130. The quantitative estimate of drug-likeness (QED) is 0.767. The zero-order valence-corrected chi connectivity index (χ0v) is 9.76. The van der Waals surface area contributed by atoms with Gasteiger partial charge < -0.3 is 5.32 Å². The molecule has 1 heterocycles. The van der Waals surface area contributed by atoms with Gasteiger partial charge in [0.05, 0.1) is 11.5 Å². The van der Waals surface area contributed by atoms with Crippen LogP contribution in [0.15, 0.2) is 28.7 Å². The van der Waals surface area contributed by atoms with Crippen LogP contribution in [-0.4, -0.2) is 5.91 Å². The van der Waals surface area contributed by atoms with Crippen molar-refractivity contribution in [1.29, 1.82) is 0 Å². The van der Waals surface area contributed by atoms with Crippen LogP contribution in [0.3, 0.4) is 0 Å². The van der Waals surface area contributed by atoms with Crippen LogP contribution in [0.5, 0.6) is 0 Å². The first-order chi connectivity index (χ1) is 6.51. The summed E-state index contributed by atoms with van der Waals surface area (Å²) >= 11 is 3.39. The average molecular weight is 254 g/mol. The molecule has 1 aromatic carbocycles. The number of hydrogen-bond donors (Lipinski definition) is 1. The largest absolute Gasteiger partial charge is 0.348 e. The van der Waals surface area contributed by atoms with Gasteiger partial charge in [-0.05, 0) is 31.5 Å². The van der Waals surface area contributed by atoms with Gasteiger partial charge in [-0.25, -0.2) is 0 Å². The number of nitrogens with one attached hydrogen (secondary N) is 1. The van der Waals surface area contributed by atoms with Crippen molar-refractivity contribution < 1.29 is 4.79 Å². The van der Waals surface area contributed by atoms with Gasteiger partial charge in [0, 0.05) is 4.47 Å². The average Bonchev–Trinajstić information content (AvgIpc) is 2.16. The van der Waals surface area contributed by atoms with Crippen molar-refractivity contribution in [3.63, 3.8) is 0 Å². The van der Waals surface area contributed by atoms with E-state index in [2.05, 4.69) is 21.2 Å². The van der Waals surface area contributed by atoms with E-state index in [9.17, 15) is 4.79 Å². The fourth-order valence-corrected chi connectivity index (χ4v) is 1.97. The lowest BCUT2D eigenvalue weighted by Crippen LogP contribution is -2.57. The smallest absolute Gasteiger partial charge is 0.228 e. The molecule has 1 atom stereocenters. The molecule has 1 saturated heterocycles. The molecular weight excluding hydrogens is 242 g/mol. The molecule has 14 heavy (non-hydrogen) atoms. The van der Waals surface area contributed by atoms with E-state index in [0.717, 1.165) is 10.0 Å². The lowest BCUT2D eigenvalue weighted by atomic mass is 9.73. The highest BCUT2D eigenvalue weighted by Crippen LogP contribution is 2.41. The first kappa shape index (κ1) is 9.71. The van der Waals surface area contributed by atoms with Gasteiger partial charge in [-0.1, -0.05) is 28.1 Å². The van der Waals surface area contributed by atoms with Gasteiger partial charge in [0.25, 0.3) is 0 Å². The van der Waals surface area contributed by atoms with Crippen LogP contribution < -0.4 is 5.32 Å². The Morgan fingerprint density at radius 1 is 1.29 bits per heavy atom. The van der Waals surface area contributed by atoms with Gasteiger partial charge >= 0.3 is 0 Å². The summed E-state index contributed by atoms with van der Waals surface area (Å²) in [6.45, 7) is 3.94. The molecule has 0 saturated carbocycles. The van der Waals surface area contributed by atoms with Gasteiger partial charge in [0.2, 0.25) is 5.91 Å². The van der Waals surface area contributed by atoms with Crippen LogP contribution in [-0.2, 0) is 4.79 Å². The molecule has 0 aliphatic carbocycles. The number of benzene rings is 1. The van der Waals surface area contributed by atoms with Crippen molar-refractivity contribution >= 4 is 21.8 Å². The van der Waals surface area contributed by atoms with Gasteiger partial charge in [0.15, 0.2) is 0 Å². The Labute approximate surface area is 91.8 Å². The Hall–Kier alpha value is -0.830. The Morgan fingerprint density at radius 2 is 1.86 bits per heavy atom. The second-order valence-corrected chi connectivity index (χ2v) is 5.10. The van der Waals surface area contributed by atoms with E-state index >= 15 is 0 Å². The van der Waals surface area contributed by atoms with Crippen molar-refractivity contribution in [2.24, 2.45) is 5.41 Å². The fourth-order valence-electron chi connectivity index (χ4n) is 1.71. The van der Waals surface area contributed by atoms with E-state index in [1.807, 2.05) is 38.1 Å².